The summed E-state index contributed by atoms with van der Waals surface area (Å²) >= 11 is 0. The maximum Gasteiger partial charge on any atom is 0.252 e. The van der Waals surface area contributed by atoms with Crippen molar-refractivity contribution in [2.24, 2.45) is 5.73 Å². The van der Waals surface area contributed by atoms with Gasteiger partial charge in [0.05, 0.1) is 6.04 Å². The smallest absolute Gasteiger partial charge is 0.252 e. The highest BCUT2D eigenvalue weighted by Gasteiger charge is 2.22. The van der Waals surface area contributed by atoms with Gasteiger partial charge >= 0.3 is 0 Å². The second-order valence-corrected chi connectivity index (χ2v) is 4.71. The van der Waals surface area contributed by atoms with Crippen LogP contribution < -0.4 is 10.6 Å². The van der Waals surface area contributed by atoms with Gasteiger partial charge in [-0.05, 0) is 25.8 Å². The number of hydrogen-bond donors (Lipinski definition) is 1. The highest BCUT2D eigenvalue weighted by atomic mass is 35.5. The van der Waals surface area contributed by atoms with Crippen molar-refractivity contribution in [2.75, 3.05) is 18.0 Å². The minimum absolute atomic E-state index is 0. The van der Waals surface area contributed by atoms with Gasteiger partial charge in [0.1, 0.15) is 0 Å². The topological polar surface area (TPSA) is 85.8 Å². The number of hydrogen-bond acceptors (Lipinski definition) is 6. The van der Waals surface area contributed by atoms with Crippen LogP contribution in [0.4, 0.5) is 5.95 Å². The minimum atomic E-state index is -0.215. The van der Waals surface area contributed by atoms with Gasteiger partial charge < -0.3 is 10.6 Å². The molecule has 108 valence electrons. The van der Waals surface area contributed by atoms with Crippen LogP contribution in [-0.4, -0.2) is 37.8 Å². The molecule has 3 rings (SSSR count). The third-order valence-electron chi connectivity index (χ3n) is 3.16. The predicted octanol–water partition coefficient (Wildman–Crippen LogP) is 1.10. The summed E-state index contributed by atoms with van der Waals surface area (Å²) in [6.07, 6.45) is 5.74. The fraction of sp³-hybridized carbons (Fsp3) is 0.500. The van der Waals surface area contributed by atoms with Crippen molar-refractivity contribution in [2.45, 2.75) is 25.8 Å². The van der Waals surface area contributed by atoms with Crippen LogP contribution in [0.5, 0.6) is 0 Å². The van der Waals surface area contributed by atoms with Gasteiger partial charge in [-0.2, -0.15) is 9.67 Å². The van der Waals surface area contributed by atoms with Crippen LogP contribution in [0.15, 0.2) is 18.5 Å². The zero-order chi connectivity index (χ0) is 13.2. The number of nitrogens with two attached hydrogens (primary N) is 1. The van der Waals surface area contributed by atoms with E-state index in [0.29, 0.717) is 11.8 Å². The van der Waals surface area contributed by atoms with Gasteiger partial charge in [-0.25, -0.2) is 9.97 Å². The molecule has 2 aromatic heterocycles. The summed E-state index contributed by atoms with van der Waals surface area (Å²) in [5, 5.41) is 4.51. The van der Waals surface area contributed by atoms with Crippen molar-refractivity contribution in [3.63, 3.8) is 0 Å². The molecule has 2 aromatic rings. The van der Waals surface area contributed by atoms with Crippen LogP contribution in [0.3, 0.4) is 0 Å². The van der Waals surface area contributed by atoms with Crippen molar-refractivity contribution in [1.29, 1.82) is 0 Å². The number of halogens is 1. The van der Waals surface area contributed by atoms with Crippen LogP contribution in [0.2, 0.25) is 0 Å². The van der Waals surface area contributed by atoms with Gasteiger partial charge in [0, 0.05) is 25.5 Å². The average Bonchev–Trinajstić information content (AvgIpc) is 3.08. The van der Waals surface area contributed by atoms with Gasteiger partial charge in [-0.3, -0.25) is 0 Å². The Bertz CT molecular complexity index is 548. The Balaban J connectivity index is 0.00000147. The van der Waals surface area contributed by atoms with Crippen LogP contribution in [-0.2, 0) is 0 Å². The molecule has 3 heterocycles. The molecule has 1 fully saturated rings. The van der Waals surface area contributed by atoms with Crippen molar-refractivity contribution in [3.05, 3.63) is 24.3 Å². The van der Waals surface area contributed by atoms with E-state index in [9.17, 15) is 0 Å². The lowest BCUT2D eigenvalue weighted by Gasteiger charge is -2.10. The quantitative estimate of drug-likeness (QED) is 0.912. The maximum atomic E-state index is 5.97. The molecular weight excluding hydrogens is 278 g/mol. The fourth-order valence-electron chi connectivity index (χ4n) is 2.21. The molecule has 1 aliphatic heterocycles. The van der Waals surface area contributed by atoms with Gasteiger partial charge in [-0.15, -0.1) is 17.5 Å². The SMILES string of the molecule is CC(N)c1nc(N2CCCC2)nn1-c1ncccn1.Cl. The maximum absolute atomic E-state index is 5.97. The molecule has 7 nitrogen and oxygen atoms in total. The molecule has 0 radical (unpaired) electrons. The summed E-state index contributed by atoms with van der Waals surface area (Å²) in [4.78, 5) is 15.1. The van der Waals surface area contributed by atoms with Crippen molar-refractivity contribution in [3.8, 4) is 5.95 Å². The monoisotopic (exact) mass is 295 g/mol. The summed E-state index contributed by atoms with van der Waals surface area (Å²) in [5.74, 6) is 1.91. The van der Waals surface area contributed by atoms with Crippen molar-refractivity contribution in [1.82, 2.24) is 24.7 Å². The Labute approximate surface area is 123 Å². The summed E-state index contributed by atoms with van der Waals surface area (Å²) in [5.41, 5.74) is 5.97. The minimum Gasteiger partial charge on any atom is -0.340 e. The van der Waals surface area contributed by atoms with E-state index in [4.69, 9.17) is 5.73 Å². The molecular formula is C12H18ClN7. The first-order valence-corrected chi connectivity index (χ1v) is 6.50. The lowest BCUT2D eigenvalue weighted by Crippen LogP contribution is -2.19. The number of rotatable bonds is 3. The average molecular weight is 296 g/mol. The van der Waals surface area contributed by atoms with Crippen LogP contribution in [0.25, 0.3) is 5.95 Å². The van der Waals surface area contributed by atoms with Gasteiger partial charge in [0.25, 0.3) is 5.95 Å². The van der Waals surface area contributed by atoms with Crippen molar-refractivity contribution < 1.29 is 0 Å². The van der Waals surface area contributed by atoms with E-state index in [1.54, 1.807) is 23.1 Å². The molecule has 1 saturated heterocycles. The molecule has 20 heavy (non-hydrogen) atoms. The lowest BCUT2D eigenvalue weighted by atomic mass is 10.3. The third-order valence-corrected chi connectivity index (χ3v) is 3.16. The Morgan fingerprint density at radius 1 is 1.15 bits per heavy atom. The zero-order valence-corrected chi connectivity index (χ0v) is 12.1. The van der Waals surface area contributed by atoms with Gasteiger partial charge in [0.15, 0.2) is 5.82 Å². The first-order chi connectivity index (χ1) is 9.25. The molecule has 0 spiro atoms. The summed E-state index contributed by atoms with van der Waals surface area (Å²) in [7, 11) is 0. The second kappa shape index (κ2) is 6.15. The summed E-state index contributed by atoms with van der Waals surface area (Å²) < 4.78 is 1.64. The van der Waals surface area contributed by atoms with Gasteiger partial charge in [0.2, 0.25) is 5.95 Å². The molecule has 0 amide bonds. The first-order valence-electron chi connectivity index (χ1n) is 6.50. The standard InChI is InChI=1S/C12H17N7.ClH/c1-9(13)10-16-12(18-7-2-3-8-18)17-19(10)11-14-5-4-6-15-11;/h4-6,9H,2-3,7-8,13H2,1H3;1H. The van der Waals surface area contributed by atoms with E-state index in [1.807, 2.05) is 6.92 Å². The molecule has 1 unspecified atom stereocenters. The van der Waals surface area contributed by atoms with E-state index < -0.39 is 0 Å². The van der Waals surface area contributed by atoms with E-state index in [1.165, 1.54) is 12.8 Å². The highest BCUT2D eigenvalue weighted by Crippen LogP contribution is 2.20. The summed E-state index contributed by atoms with van der Waals surface area (Å²) in [6.45, 7) is 3.88. The predicted molar refractivity (Wildman–Crippen MR) is 78.2 cm³/mol. The van der Waals surface area contributed by atoms with E-state index >= 15 is 0 Å². The Morgan fingerprint density at radius 3 is 2.40 bits per heavy atom. The Kier molecular flexibility index (Phi) is 4.51. The largest absolute Gasteiger partial charge is 0.340 e. The molecule has 8 heteroatoms. The molecule has 2 N–H and O–H groups in total. The van der Waals surface area contributed by atoms with Crippen molar-refractivity contribution >= 4 is 18.4 Å². The Morgan fingerprint density at radius 2 is 1.80 bits per heavy atom. The first kappa shape index (κ1) is 14.7. The third kappa shape index (κ3) is 2.73. The molecule has 0 aliphatic carbocycles. The molecule has 0 aromatic carbocycles. The van der Waals surface area contributed by atoms with E-state index in [0.717, 1.165) is 19.0 Å². The summed E-state index contributed by atoms with van der Waals surface area (Å²) in [6, 6.07) is 1.56. The normalized spacial score (nSPS) is 16.0. The highest BCUT2D eigenvalue weighted by molar-refractivity contribution is 5.85. The van der Waals surface area contributed by atoms with E-state index in [2.05, 4.69) is 25.0 Å². The molecule has 0 saturated carbocycles. The zero-order valence-electron chi connectivity index (χ0n) is 11.3. The number of anilines is 1. The molecule has 1 aliphatic rings. The Hall–Kier alpha value is -1.73. The van der Waals surface area contributed by atoms with Gasteiger partial charge in [-0.1, -0.05) is 0 Å². The van der Waals surface area contributed by atoms with Crippen LogP contribution in [0.1, 0.15) is 31.6 Å². The van der Waals surface area contributed by atoms with Crippen LogP contribution >= 0.6 is 12.4 Å². The number of aromatic nitrogens is 5. The van der Waals surface area contributed by atoms with E-state index in [-0.39, 0.29) is 18.4 Å². The fourth-order valence-corrected chi connectivity index (χ4v) is 2.21. The van der Waals surface area contributed by atoms with Crippen LogP contribution in [0, 0.1) is 0 Å². The lowest BCUT2D eigenvalue weighted by molar-refractivity contribution is 0.668. The second-order valence-electron chi connectivity index (χ2n) is 4.71. The molecule has 0 bridgehead atoms. The molecule has 1 atom stereocenters. The number of nitrogens with zero attached hydrogens (tertiary/aromatic N) is 6.